The van der Waals surface area contributed by atoms with Crippen molar-refractivity contribution in [1.82, 2.24) is 14.3 Å². The smallest absolute Gasteiger partial charge is 0.205 e. The predicted molar refractivity (Wildman–Crippen MR) is 80.9 cm³/mol. The summed E-state index contributed by atoms with van der Waals surface area (Å²) >= 11 is 1.54. The van der Waals surface area contributed by atoms with Gasteiger partial charge in [0.15, 0.2) is 0 Å². The number of hydrogen-bond donors (Lipinski definition) is 1. The fraction of sp³-hybridized carbons (Fsp3) is 0.846. The molecule has 19 heavy (non-hydrogen) atoms. The number of anilines is 1. The first-order chi connectivity index (χ1) is 9.20. The summed E-state index contributed by atoms with van der Waals surface area (Å²) in [5, 5.41) is 1.09. The van der Waals surface area contributed by atoms with Crippen molar-refractivity contribution in [2.75, 3.05) is 44.2 Å². The molecule has 0 atom stereocenters. The Labute approximate surface area is 120 Å². The van der Waals surface area contributed by atoms with Crippen LogP contribution in [0.4, 0.5) is 5.13 Å². The first-order valence-electron chi connectivity index (χ1n) is 7.21. The van der Waals surface area contributed by atoms with Crippen LogP contribution < -0.4 is 10.6 Å². The van der Waals surface area contributed by atoms with Crippen LogP contribution in [0.5, 0.6) is 0 Å². The second kappa shape index (κ2) is 7.17. The van der Waals surface area contributed by atoms with E-state index in [1.54, 1.807) is 0 Å². The van der Waals surface area contributed by atoms with Crippen LogP contribution in [0.1, 0.15) is 38.4 Å². The molecule has 108 valence electrons. The van der Waals surface area contributed by atoms with E-state index in [1.165, 1.54) is 24.5 Å². The Morgan fingerprint density at radius 1 is 1.21 bits per heavy atom. The van der Waals surface area contributed by atoms with Gasteiger partial charge in [-0.25, -0.2) is 4.98 Å². The van der Waals surface area contributed by atoms with E-state index in [4.69, 9.17) is 5.73 Å². The standard InChI is InChI=1S/C13H25N5S/c1-11(2)12-15-13(19-16-12)18-9-7-17(8-10-18)6-4-3-5-14/h11H,3-10,14H2,1-2H3. The number of hydrogen-bond acceptors (Lipinski definition) is 6. The fourth-order valence-electron chi connectivity index (χ4n) is 2.23. The molecule has 1 aromatic heterocycles. The summed E-state index contributed by atoms with van der Waals surface area (Å²) < 4.78 is 4.43. The summed E-state index contributed by atoms with van der Waals surface area (Å²) in [5.74, 6) is 1.40. The fourth-order valence-corrected chi connectivity index (χ4v) is 3.09. The van der Waals surface area contributed by atoms with Gasteiger partial charge in [0.1, 0.15) is 5.82 Å². The lowest BCUT2D eigenvalue weighted by Gasteiger charge is -2.34. The molecule has 1 aromatic rings. The molecular weight excluding hydrogens is 258 g/mol. The van der Waals surface area contributed by atoms with Gasteiger partial charge in [0.25, 0.3) is 0 Å². The molecule has 6 heteroatoms. The Kier molecular flexibility index (Phi) is 5.54. The van der Waals surface area contributed by atoms with Gasteiger partial charge in [0.2, 0.25) is 5.13 Å². The molecule has 0 spiro atoms. The van der Waals surface area contributed by atoms with Gasteiger partial charge in [-0.05, 0) is 25.9 Å². The number of aromatic nitrogens is 2. The van der Waals surface area contributed by atoms with E-state index < -0.39 is 0 Å². The third kappa shape index (κ3) is 4.12. The summed E-state index contributed by atoms with van der Waals surface area (Å²) in [6.45, 7) is 10.6. The Hall–Kier alpha value is -0.720. The van der Waals surface area contributed by atoms with Crippen LogP contribution in [0.3, 0.4) is 0 Å². The third-order valence-corrected chi connectivity index (χ3v) is 4.31. The summed E-state index contributed by atoms with van der Waals surface area (Å²) in [5.41, 5.74) is 5.53. The minimum atomic E-state index is 0.419. The van der Waals surface area contributed by atoms with Gasteiger partial charge < -0.3 is 10.6 Å². The molecule has 0 unspecified atom stereocenters. The highest BCUT2D eigenvalue weighted by Crippen LogP contribution is 2.22. The number of unbranched alkanes of at least 4 members (excludes halogenated alkanes) is 1. The van der Waals surface area contributed by atoms with Crippen molar-refractivity contribution >= 4 is 16.7 Å². The van der Waals surface area contributed by atoms with Crippen LogP contribution in [-0.4, -0.2) is 53.5 Å². The quantitative estimate of drug-likeness (QED) is 0.802. The van der Waals surface area contributed by atoms with Gasteiger partial charge >= 0.3 is 0 Å². The van der Waals surface area contributed by atoms with E-state index in [0.29, 0.717) is 5.92 Å². The van der Waals surface area contributed by atoms with Crippen molar-refractivity contribution < 1.29 is 0 Å². The van der Waals surface area contributed by atoms with Crippen LogP contribution in [0, 0.1) is 0 Å². The molecule has 0 bridgehead atoms. The normalized spacial score (nSPS) is 17.4. The first-order valence-corrected chi connectivity index (χ1v) is 7.99. The predicted octanol–water partition coefficient (Wildman–Crippen LogP) is 1.52. The van der Waals surface area contributed by atoms with Crippen LogP contribution in [0.25, 0.3) is 0 Å². The maximum absolute atomic E-state index is 5.53. The van der Waals surface area contributed by atoms with Crippen molar-refractivity contribution in [3.05, 3.63) is 5.82 Å². The lowest BCUT2D eigenvalue weighted by Crippen LogP contribution is -2.46. The highest BCUT2D eigenvalue weighted by Gasteiger charge is 2.20. The van der Waals surface area contributed by atoms with Crippen molar-refractivity contribution in [1.29, 1.82) is 0 Å². The molecule has 0 saturated carbocycles. The molecule has 0 amide bonds. The summed E-state index contributed by atoms with van der Waals surface area (Å²) in [7, 11) is 0. The maximum Gasteiger partial charge on any atom is 0.205 e. The molecule has 0 radical (unpaired) electrons. The van der Waals surface area contributed by atoms with E-state index in [9.17, 15) is 0 Å². The molecule has 2 heterocycles. The molecule has 5 nitrogen and oxygen atoms in total. The third-order valence-electron chi connectivity index (χ3n) is 3.52. The van der Waals surface area contributed by atoms with E-state index in [2.05, 4.69) is 33.0 Å². The second-order valence-electron chi connectivity index (χ2n) is 5.41. The Morgan fingerprint density at radius 2 is 1.95 bits per heavy atom. The van der Waals surface area contributed by atoms with Gasteiger partial charge in [-0.2, -0.15) is 4.37 Å². The number of rotatable bonds is 6. The molecular formula is C13H25N5S. The zero-order valence-corrected chi connectivity index (χ0v) is 12.8. The minimum Gasteiger partial charge on any atom is -0.344 e. The molecule has 1 saturated heterocycles. The lowest BCUT2D eigenvalue weighted by molar-refractivity contribution is 0.253. The van der Waals surface area contributed by atoms with E-state index >= 15 is 0 Å². The Bertz CT molecular complexity index is 371. The molecule has 1 aliphatic heterocycles. The Morgan fingerprint density at radius 3 is 2.53 bits per heavy atom. The van der Waals surface area contributed by atoms with Crippen molar-refractivity contribution in [3.63, 3.8) is 0 Å². The number of nitrogens with zero attached hydrogens (tertiary/aromatic N) is 4. The highest BCUT2D eigenvalue weighted by atomic mass is 32.1. The van der Waals surface area contributed by atoms with Gasteiger partial charge in [-0.15, -0.1) is 0 Å². The maximum atomic E-state index is 5.53. The average Bonchev–Trinajstić information content (AvgIpc) is 2.90. The van der Waals surface area contributed by atoms with Crippen LogP contribution >= 0.6 is 11.5 Å². The van der Waals surface area contributed by atoms with Gasteiger partial charge in [0.05, 0.1) is 0 Å². The summed E-state index contributed by atoms with van der Waals surface area (Å²) in [6.07, 6.45) is 2.35. The summed E-state index contributed by atoms with van der Waals surface area (Å²) in [4.78, 5) is 9.52. The Balaban J connectivity index is 1.79. The topological polar surface area (TPSA) is 58.3 Å². The molecule has 2 N–H and O–H groups in total. The van der Waals surface area contributed by atoms with Crippen molar-refractivity contribution in [2.24, 2.45) is 5.73 Å². The minimum absolute atomic E-state index is 0.419. The SMILES string of the molecule is CC(C)c1nsc(N2CCN(CCCCN)CC2)n1. The molecule has 0 aliphatic carbocycles. The molecule has 0 aromatic carbocycles. The molecule has 2 rings (SSSR count). The van der Waals surface area contributed by atoms with Crippen LogP contribution in [-0.2, 0) is 0 Å². The number of piperazine rings is 1. The average molecular weight is 283 g/mol. The van der Waals surface area contributed by atoms with Gasteiger partial charge in [-0.1, -0.05) is 13.8 Å². The monoisotopic (exact) mass is 283 g/mol. The zero-order valence-electron chi connectivity index (χ0n) is 12.0. The molecule has 1 fully saturated rings. The zero-order chi connectivity index (χ0) is 13.7. The second-order valence-corrected chi connectivity index (χ2v) is 6.14. The van der Waals surface area contributed by atoms with Crippen molar-refractivity contribution in [2.45, 2.75) is 32.6 Å². The van der Waals surface area contributed by atoms with Gasteiger partial charge in [-0.3, -0.25) is 4.90 Å². The van der Waals surface area contributed by atoms with E-state index in [0.717, 1.165) is 50.1 Å². The van der Waals surface area contributed by atoms with Crippen LogP contribution in [0.2, 0.25) is 0 Å². The first kappa shape index (κ1) is 14.7. The molecule has 1 aliphatic rings. The summed E-state index contributed by atoms with van der Waals surface area (Å²) in [6, 6.07) is 0. The van der Waals surface area contributed by atoms with Gasteiger partial charge in [0, 0.05) is 43.6 Å². The van der Waals surface area contributed by atoms with E-state index in [-0.39, 0.29) is 0 Å². The number of nitrogens with two attached hydrogens (primary N) is 1. The highest BCUT2D eigenvalue weighted by molar-refractivity contribution is 7.09. The van der Waals surface area contributed by atoms with Crippen molar-refractivity contribution in [3.8, 4) is 0 Å². The van der Waals surface area contributed by atoms with E-state index in [1.807, 2.05) is 0 Å². The lowest BCUT2D eigenvalue weighted by atomic mass is 10.2. The van der Waals surface area contributed by atoms with Crippen LogP contribution in [0.15, 0.2) is 0 Å². The largest absolute Gasteiger partial charge is 0.344 e.